The van der Waals surface area contributed by atoms with Crippen molar-refractivity contribution < 1.29 is 4.42 Å². The average Bonchev–Trinajstić information content (AvgIpc) is 3.64. The zero-order valence-electron chi connectivity index (χ0n) is 25.9. The third-order valence-corrected chi connectivity index (χ3v) is 8.69. The van der Waals surface area contributed by atoms with E-state index in [2.05, 4.69) is 160 Å². The van der Waals surface area contributed by atoms with Crippen molar-refractivity contribution in [3.05, 3.63) is 139 Å². The van der Waals surface area contributed by atoms with Crippen LogP contribution in [0, 0.1) is 6.92 Å². The molecule has 0 N–H and O–H groups in total. The van der Waals surface area contributed by atoms with Crippen molar-refractivity contribution in [2.24, 2.45) is 0 Å². The second kappa shape index (κ2) is 10.3. The Morgan fingerprint density at radius 3 is 1.91 bits per heavy atom. The number of fused-ring (bicyclic) bond motifs is 4. The molecule has 0 aliphatic heterocycles. The van der Waals surface area contributed by atoms with Gasteiger partial charge in [-0.3, -0.25) is 4.57 Å². The van der Waals surface area contributed by atoms with Gasteiger partial charge in [-0.25, -0.2) is 9.97 Å². The van der Waals surface area contributed by atoms with E-state index in [1.165, 1.54) is 0 Å². The van der Waals surface area contributed by atoms with Gasteiger partial charge in [0.05, 0.1) is 22.3 Å². The molecule has 8 rings (SSSR count). The van der Waals surface area contributed by atoms with Gasteiger partial charge in [0.25, 0.3) is 0 Å². The molecule has 0 unspecified atom stereocenters. The number of furan rings is 1. The minimum atomic E-state index is -0.0893. The number of pyridine rings is 1. The van der Waals surface area contributed by atoms with E-state index in [1.807, 2.05) is 0 Å². The van der Waals surface area contributed by atoms with Gasteiger partial charge in [-0.15, -0.1) is 0 Å². The first-order valence-corrected chi connectivity index (χ1v) is 15.4. The molecule has 3 aromatic heterocycles. The first kappa shape index (κ1) is 27.1. The van der Waals surface area contributed by atoms with Crippen LogP contribution < -0.4 is 0 Å². The van der Waals surface area contributed by atoms with E-state index in [-0.39, 0.29) is 5.41 Å². The molecule has 0 saturated heterocycles. The molecule has 218 valence electrons. The smallest absolute Gasteiger partial charge is 0.227 e. The van der Waals surface area contributed by atoms with Crippen molar-refractivity contribution in [1.82, 2.24) is 14.5 Å². The summed E-state index contributed by atoms with van der Waals surface area (Å²) in [5.41, 5.74) is 12.0. The van der Waals surface area contributed by atoms with E-state index in [4.69, 9.17) is 14.4 Å². The van der Waals surface area contributed by atoms with E-state index in [1.54, 1.807) is 0 Å². The summed E-state index contributed by atoms with van der Waals surface area (Å²) in [6, 6.07) is 44.8. The molecule has 45 heavy (non-hydrogen) atoms. The van der Waals surface area contributed by atoms with Crippen molar-refractivity contribution in [3.8, 4) is 39.3 Å². The number of hydrogen-bond acceptors (Lipinski definition) is 3. The first-order valence-electron chi connectivity index (χ1n) is 15.4. The molecule has 0 saturated carbocycles. The Morgan fingerprint density at radius 2 is 1.24 bits per heavy atom. The van der Waals surface area contributed by atoms with Crippen LogP contribution in [0.2, 0.25) is 0 Å². The normalized spacial score (nSPS) is 12.0. The van der Waals surface area contributed by atoms with Crippen LogP contribution in [0.4, 0.5) is 0 Å². The van der Waals surface area contributed by atoms with Crippen LogP contribution in [0.3, 0.4) is 0 Å². The molecule has 0 bridgehead atoms. The van der Waals surface area contributed by atoms with Crippen molar-refractivity contribution in [3.63, 3.8) is 0 Å². The molecule has 0 radical (unpaired) electrons. The summed E-state index contributed by atoms with van der Waals surface area (Å²) in [7, 11) is 0. The van der Waals surface area contributed by atoms with Gasteiger partial charge in [0.2, 0.25) is 5.71 Å². The maximum atomic E-state index is 6.71. The largest absolute Gasteiger partial charge is 0.437 e. The third-order valence-electron chi connectivity index (χ3n) is 8.69. The summed E-state index contributed by atoms with van der Waals surface area (Å²) in [6.45, 7) is 8.67. The number of benzene rings is 5. The number of aryl methyl sites for hydroxylation is 1. The molecule has 0 aliphatic rings. The van der Waals surface area contributed by atoms with Crippen molar-refractivity contribution in [2.75, 3.05) is 0 Å². The number of hydrogen-bond donors (Lipinski definition) is 0. The van der Waals surface area contributed by atoms with Gasteiger partial charge in [-0.1, -0.05) is 118 Å². The molecule has 4 nitrogen and oxygen atoms in total. The summed E-state index contributed by atoms with van der Waals surface area (Å²) < 4.78 is 9.03. The van der Waals surface area contributed by atoms with Gasteiger partial charge >= 0.3 is 0 Å². The van der Waals surface area contributed by atoms with Gasteiger partial charge in [-0.2, -0.15) is 0 Å². The van der Waals surface area contributed by atoms with E-state index >= 15 is 0 Å². The molecule has 0 amide bonds. The fraction of sp³-hybridized carbons (Fsp3) is 0.122. The monoisotopic (exact) mass is 583 g/mol. The minimum Gasteiger partial charge on any atom is -0.437 e. The van der Waals surface area contributed by atoms with E-state index in [9.17, 15) is 0 Å². The zero-order valence-corrected chi connectivity index (χ0v) is 25.9. The lowest BCUT2D eigenvalue weighted by atomic mass is 9.91. The maximum Gasteiger partial charge on any atom is 0.227 e. The van der Waals surface area contributed by atoms with Gasteiger partial charge in [0, 0.05) is 33.0 Å². The number of imidazole rings is 1. The van der Waals surface area contributed by atoms with Gasteiger partial charge in [-0.05, 0) is 53.9 Å². The highest BCUT2D eigenvalue weighted by Crippen LogP contribution is 2.43. The van der Waals surface area contributed by atoms with Gasteiger partial charge in [0.15, 0.2) is 0 Å². The maximum absolute atomic E-state index is 6.71. The Balaban J connectivity index is 1.50. The van der Waals surface area contributed by atoms with Crippen LogP contribution >= 0.6 is 0 Å². The quantitative estimate of drug-likeness (QED) is 0.207. The molecule has 0 spiro atoms. The summed E-state index contributed by atoms with van der Waals surface area (Å²) in [5.74, 6) is 0.830. The predicted molar refractivity (Wildman–Crippen MR) is 186 cm³/mol. The molecule has 0 atom stereocenters. The highest BCUT2D eigenvalue weighted by atomic mass is 16.3. The molecule has 4 heteroatoms. The van der Waals surface area contributed by atoms with Crippen LogP contribution in [-0.2, 0) is 5.41 Å². The topological polar surface area (TPSA) is 43.9 Å². The van der Waals surface area contributed by atoms with Crippen LogP contribution in [0.25, 0.3) is 72.4 Å². The zero-order chi connectivity index (χ0) is 30.7. The lowest BCUT2D eigenvalue weighted by Gasteiger charge is -2.20. The molecule has 3 heterocycles. The molecule has 0 fully saturated rings. The van der Waals surface area contributed by atoms with Crippen molar-refractivity contribution >= 4 is 33.1 Å². The summed E-state index contributed by atoms with van der Waals surface area (Å²) in [6.07, 6.45) is 0. The average molecular weight is 584 g/mol. The Bertz CT molecular complexity index is 2300. The van der Waals surface area contributed by atoms with E-state index in [0.717, 1.165) is 78.0 Å². The molecule has 5 aromatic carbocycles. The summed E-state index contributed by atoms with van der Waals surface area (Å²) in [5, 5.41) is 2.10. The number of nitrogens with zero attached hydrogens (tertiary/aromatic N) is 3. The van der Waals surface area contributed by atoms with Gasteiger partial charge in [0.1, 0.15) is 11.4 Å². The van der Waals surface area contributed by atoms with Crippen LogP contribution in [0.1, 0.15) is 32.0 Å². The molecular weight excluding hydrogens is 550 g/mol. The lowest BCUT2D eigenvalue weighted by Crippen LogP contribution is -2.12. The molecule has 8 aromatic rings. The SMILES string of the molecule is Cc1ccc(-c2nc3ccccc3n2-c2c(-c3ccccc3)cccc2-c2ccccc2)c2oc3nc(C(C)(C)C)ccc3c12. The summed E-state index contributed by atoms with van der Waals surface area (Å²) >= 11 is 0. The standard InChI is InChI=1S/C41H33N3O/c1-26-22-23-32(38-36(26)31-24-25-35(41(2,3)4)43-40(31)45-38)39-42-33-20-11-12-21-34(33)44(39)37-29(27-14-7-5-8-15-27)18-13-19-30(37)28-16-9-6-10-17-28/h5-25H,1-4H3. The minimum absolute atomic E-state index is 0.0893. The highest BCUT2D eigenvalue weighted by molar-refractivity contribution is 6.10. The lowest BCUT2D eigenvalue weighted by molar-refractivity contribution is 0.562. The van der Waals surface area contributed by atoms with E-state index < -0.39 is 0 Å². The number of rotatable bonds is 4. The van der Waals surface area contributed by atoms with Crippen molar-refractivity contribution in [1.29, 1.82) is 0 Å². The molecule has 0 aliphatic carbocycles. The Labute approximate surface area is 262 Å². The Morgan fingerprint density at radius 1 is 0.600 bits per heavy atom. The Hall–Kier alpha value is -5.48. The second-order valence-corrected chi connectivity index (χ2v) is 12.7. The Kier molecular flexibility index (Phi) is 6.21. The highest BCUT2D eigenvalue weighted by Gasteiger charge is 2.25. The van der Waals surface area contributed by atoms with E-state index in [0.29, 0.717) is 5.71 Å². The fourth-order valence-electron chi connectivity index (χ4n) is 6.44. The van der Waals surface area contributed by atoms with Crippen LogP contribution in [0.5, 0.6) is 0 Å². The van der Waals surface area contributed by atoms with Crippen molar-refractivity contribution in [2.45, 2.75) is 33.1 Å². The van der Waals surface area contributed by atoms with Crippen LogP contribution in [-0.4, -0.2) is 14.5 Å². The third kappa shape index (κ3) is 4.44. The predicted octanol–water partition coefficient (Wildman–Crippen LogP) is 10.9. The van der Waals surface area contributed by atoms with Gasteiger partial charge < -0.3 is 4.42 Å². The number of aromatic nitrogens is 3. The fourth-order valence-corrected chi connectivity index (χ4v) is 6.44. The second-order valence-electron chi connectivity index (χ2n) is 12.7. The summed E-state index contributed by atoms with van der Waals surface area (Å²) in [4.78, 5) is 10.3. The first-order chi connectivity index (χ1) is 21.9. The van der Waals surface area contributed by atoms with Crippen LogP contribution in [0.15, 0.2) is 132 Å². The number of para-hydroxylation sites is 3. The molecular formula is C41H33N3O.